The van der Waals surface area contributed by atoms with Crippen LogP contribution in [0.2, 0.25) is 5.28 Å². The van der Waals surface area contributed by atoms with Crippen LogP contribution in [-0.4, -0.2) is 71.9 Å². The second kappa shape index (κ2) is 8.26. The average Bonchev–Trinajstić information content (AvgIpc) is 3.34. The minimum atomic E-state index is -5.15. The van der Waals surface area contributed by atoms with Gasteiger partial charge in [-0.15, -0.1) is 0 Å². The molecule has 2 aromatic heterocycles. The van der Waals surface area contributed by atoms with Crippen molar-refractivity contribution in [2.75, 3.05) is 11.9 Å². The second-order valence-corrected chi connectivity index (χ2v) is 8.61. The lowest BCUT2D eigenvalue weighted by molar-refractivity contribution is -0.344. The second-order valence-electron chi connectivity index (χ2n) is 7.17. The number of aliphatic hydroxyl groups is 3. The average molecular weight is 464 g/mol. The monoisotopic (exact) mass is 463 g/mol. The van der Waals surface area contributed by atoms with Crippen molar-refractivity contribution in [1.29, 1.82) is 0 Å². The maximum absolute atomic E-state index is 11.0. The van der Waals surface area contributed by atoms with Crippen molar-refractivity contribution in [2.45, 2.75) is 55.9 Å². The Labute approximate surface area is 174 Å². The predicted molar refractivity (Wildman–Crippen MR) is 97.1 cm³/mol. The van der Waals surface area contributed by atoms with Crippen molar-refractivity contribution in [3.63, 3.8) is 0 Å². The normalized spacial score (nSPS) is 32.2. The number of ether oxygens (including phenoxy) is 1. The fraction of sp³-hybridized carbons (Fsp3) is 0.667. The quantitative estimate of drug-likeness (QED) is 0.279. The Hall–Kier alpha value is -1.41. The van der Waals surface area contributed by atoms with Gasteiger partial charge in [-0.1, -0.05) is 0 Å². The fourth-order valence-corrected chi connectivity index (χ4v) is 4.59. The summed E-state index contributed by atoms with van der Waals surface area (Å²) in [7, 11) is -5.15. The van der Waals surface area contributed by atoms with Crippen molar-refractivity contribution in [1.82, 2.24) is 19.5 Å². The molecule has 0 spiro atoms. The molecule has 0 bridgehead atoms. The number of phosphoric ester groups is 1. The van der Waals surface area contributed by atoms with Crippen molar-refractivity contribution in [3.05, 3.63) is 11.6 Å². The summed E-state index contributed by atoms with van der Waals surface area (Å²) in [6.45, 7) is -0.490. The summed E-state index contributed by atoms with van der Waals surface area (Å²) in [6.07, 6.45) is -2.70. The number of hydrogen-bond donors (Lipinski definition) is 4. The number of halogens is 1. The van der Waals surface area contributed by atoms with Crippen molar-refractivity contribution in [3.8, 4) is 0 Å². The van der Waals surface area contributed by atoms with Gasteiger partial charge in [-0.2, -0.15) is 9.97 Å². The molecule has 1 saturated carbocycles. The summed E-state index contributed by atoms with van der Waals surface area (Å²) in [5.74, 6) is 0.183. The third-order valence-electron chi connectivity index (χ3n) is 5.22. The van der Waals surface area contributed by atoms with E-state index in [4.69, 9.17) is 16.3 Å². The molecule has 166 valence electrons. The Bertz CT molecular complexity index is 972. The van der Waals surface area contributed by atoms with Gasteiger partial charge in [0.1, 0.15) is 18.3 Å². The summed E-state index contributed by atoms with van der Waals surface area (Å²) < 4.78 is 22.5. The Morgan fingerprint density at radius 3 is 2.77 bits per heavy atom. The molecular formula is C15H19ClN5O8P-2. The van der Waals surface area contributed by atoms with E-state index in [1.165, 1.54) is 10.9 Å². The molecular weight excluding hydrogens is 445 g/mol. The van der Waals surface area contributed by atoms with E-state index >= 15 is 0 Å². The highest BCUT2D eigenvalue weighted by Crippen LogP contribution is 2.37. The molecule has 0 amide bonds. The zero-order chi connectivity index (χ0) is 21.6. The number of nitrogens with one attached hydrogen (secondary N) is 1. The molecule has 13 nitrogen and oxygen atoms in total. The molecule has 1 aliphatic carbocycles. The van der Waals surface area contributed by atoms with Crippen LogP contribution in [-0.2, 0) is 13.8 Å². The lowest BCUT2D eigenvalue weighted by atomic mass is 10.1. The molecule has 15 heteroatoms. The number of aliphatic hydroxyl groups excluding tert-OH is 3. The number of imidazole rings is 1. The molecule has 0 aromatic carbocycles. The van der Waals surface area contributed by atoms with Crippen LogP contribution in [0.25, 0.3) is 11.2 Å². The molecule has 4 rings (SSSR count). The van der Waals surface area contributed by atoms with Gasteiger partial charge in [-0.05, 0) is 30.9 Å². The number of hydrogen-bond acceptors (Lipinski definition) is 12. The van der Waals surface area contributed by atoms with E-state index in [1.807, 2.05) is 0 Å². The van der Waals surface area contributed by atoms with Gasteiger partial charge < -0.3 is 44.2 Å². The van der Waals surface area contributed by atoms with Gasteiger partial charge in [0.2, 0.25) is 5.28 Å². The number of nitrogens with zero attached hydrogens (tertiary/aromatic N) is 4. The third-order valence-corrected chi connectivity index (χ3v) is 5.92. The van der Waals surface area contributed by atoms with Gasteiger partial charge in [-0.3, -0.25) is 4.57 Å². The van der Waals surface area contributed by atoms with Crippen molar-refractivity contribution >= 4 is 36.4 Å². The van der Waals surface area contributed by atoms with Gasteiger partial charge in [-0.25, -0.2) is 4.98 Å². The van der Waals surface area contributed by atoms with E-state index < -0.39 is 51.1 Å². The maximum Gasteiger partial charge on any atom is 0.226 e. The molecule has 0 unspecified atom stereocenters. The molecule has 2 aliphatic rings. The van der Waals surface area contributed by atoms with E-state index in [2.05, 4.69) is 24.8 Å². The maximum atomic E-state index is 11.0. The first kappa shape index (κ1) is 21.8. The zero-order valence-electron chi connectivity index (χ0n) is 15.4. The van der Waals surface area contributed by atoms with Crippen LogP contribution >= 0.6 is 19.4 Å². The van der Waals surface area contributed by atoms with Crippen LogP contribution in [0.3, 0.4) is 0 Å². The van der Waals surface area contributed by atoms with Crippen molar-refractivity contribution < 1.29 is 38.9 Å². The van der Waals surface area contributed by atoms with Crippen LogP contribution in [0, 0.1) is 0 Å². The van der Waals surface area contributed by atoms with Gasteiger partial charge in [0.25, 0.3) is 0 Å². The lowest BCUT2D eigenvalue weighted by Crippen LogP contribution is -2.33. The van der Waals surface area contributed by atoms with E-state index in [9.17, 15) is 29.7 Å². The predicted octanol–water partition coefficient (Wildman–Crippen LogP) is -1.73. The molecule has 1 aliphatic heterocycles. The molecule has 1 saturated heterocycles. The fourth-order valence-electron chi connectivity index (χ4n) is 3.85. The molecule has 30 heavy (non-hydrogen) atoms. The molecule has 0 radical (unpaired) electrons. The Morgan fingerprint density at radius 1 is 1.33 bits per heavy atom. The smallest absolute Gasteiger partial charge is 0.226 e. The topological polar surface area (TPSA) is 198 Å². The SMILES string of the molecule is O=P([O-])([O-])O[C@@H]1CCC[C@H]1Nc1nc(Cl)nc2c1ncn2[C@@H]1O[C@H](CO)[C@@H](O)[C@H]1O. The molecule has 3 heterocycles. The first-order valence-electron chi connectivity index (χ1n) is 9.17. The van der Waals surface area contributed by atoms with Crippen LogP contribution in [0.4, 0.5) is 5.82 Å². The Morgan fingerprint density at radius 2 is 2.10 bits per heavy atom. The number of phosphoric acid groups is 1. The van der Waals surface area contributed by atoms with Crippen LogP contribution < -0.4 is 15.1 Å². The number of rotatable bonds is 6. The minimum absolute atomic E-state index is 0.160. The van der Waals surface area contributed by atoms with Gasteiger partial charge in [0, 0.05) is 0 Å². The highest BCUT2D eigenvalue weighted by molar-refractivity contribution is 7.43. The van der Waals surface area contributed by atoms with Gasteiger partial charge in [0.05, 0.1) is 32.9 Å². The van der Waals surface area contributed by atoms with E-state index in [1.54, 1.807) is 0 Å². The summed E-state index contributed by atoms with van der Waals surface area (Å²) in [5, 5.41) is 32.4. The Balaban J connectivity index is 1.64. The van der Waals surface area contributed by atoms with E-state index in [0.29, 0.717) is 19.3 Å². The van der Waals surface area contributed by atoms with Crippen LogP contribution in [0.15, 0.2) is 6.33 Å². The number of anilines is 1. The third kappa shape index (κ3) is 4.17. The largest absolute Gasteiger partial charge is 0.790 e. The number of fused-ring (bicyclic) bond motifs is 1. The highest BCUT2D eigenvalue weighted by atomic mass is 35.5. The van der Waals surface area contributed by atoms with Gasteiger partial charge >= 0.3 is 0 Å². The lowest BCUT2D eigenvalue weighted by Gasteiger charge is -2.34. The standard InChI is InChI=1S/C15H21ClN5O8P/c16-15-19-12(18-6-2-1-3-7(6)29-30(25,26)27)9-13(20-15)21(5-17-9)14-11(24)10(23)8(4-22)28-14/h5-8,10-11,14,22-24H,1-4H2,(H,18,19,20)(H2,25,26,27)/p-2/t6-,7-,8-,10-,11-,14-/m1/s1. The molecule has 6 atom stereocenters. The summed E-state index contributed by atoms with van der Waals surface area (Å²) in [5.41, 5.74) is 0.427. The zero-order valence-corrected chi connectivity index (χ0v) is 17.0. The molecule has 2 fully saturated rings. The van der Waals surface area contributed by atoms with E-state index in [0.717, 1.165) is 0 Å². The summed E-state index contributed by atoms with van der Waals surface area (Å²) >= 11 is 6.04. The molecule has 4 N–H and O–H groups in total. The van der Waals surface area contributed by atoms with Crippen molar-refractivity contribution in [2.24, 2.45) is 0 Å². The summed E-state index contributed by atoms with van der Waals surface area (Å²) in [4.78, 5) is 34.4. The minimum Gasteiger partial charge on any atom is -0.790 e. The van der Waals surface area contributed by atoms with E-state index in [-0.39, 0.29) is 22.3 Å². The first-order valence-corrected chi connectivity index (χ1v) is 11.0. The van der Waals surface area contributed by atoms with Crippen LogP contribution in [0.1, 0.15) is 25.5 Å². The van der Waals surface area contributed by atoms with Crippen LogP contribution in [0.5, 0.6) is 0 Å². The summed E-state index contributed by atoms with van der Waals surface area (Å²) in [6, 6.07) is -0.519. The van der Waals surface area contributed by atoms with Gasteiger partial charge in [0.15, 0.2) is 23.2 Å². The first-order chi connectivity index (χ1) is 14.2. The Kier molecular flexibility index (Phi) is 6.01. The molecule has 2 aromatic rings. The number of aromatic nitrogens is 4. The highest BCUT2D eigenvalue weighted by Gasteiger charge is 2.44.